The third kappa shape index (κ3) is 3.67. The third-order valence-electron chi connectivity index (χ3n) is 3.22. The molecule has 0 heterocycles. The highest BCUT2D eigenvalue weighted by atomic mass is 16.5. The van der Waals surface area contributed by atoms with Crippen LogP contribution in [0.15, 0.2) is 48.5 Å². The lowest BCUT2D eigenvalue weighted by Gasteiger charge is -2.07. The van der Waals surface area contributed by atoms with E-state index in [9.17, 15) is 4.79 Å². The highest BCUT2D eigenvalue weighted by Gasteiger charge is 2.10. The van der Waals surface area contributed by atoms with E-state index in [1.54, 1.807) is 38.5 Å². The van der Waals surface area contributed by atoms with E-state index in [0.29, 0.717) is 17.1 Å². The summed E-state index contributed by atoms with van der Waals surface area (Å²) in [7, 11) is 4.71. The fourth-order valence-electron chi connectivity index (χ4n) is 1.98. The smallest absolute Gasteiger partial charge is 0.189 e. The van der Waals surface area contributed by atoms with E-state index >= 15 is 0 Å². The molecule has 2 aromatic rings. The van der Waals surface area contributed by atoms with Crippen LogP contribution in [0.4, 0.5) is 0 Å². The van der Waals surface area contributed by atoms with Crippen molar-refractivity contribution in [1.82, 2.24) is 0 Å². The summed E-state index contributed by atoms with van der Waals surface area (Å²) in [5, 5.41) is 0. The number of hydrogen-bond acceptors (Lipinski definition) is 4. The Morgan fingerprint density at radius 1 is 0.864 bits per heavy atom. The van der Waals surface area contributed by atoms with Crippen molar-refractivity contribution in [3.63, 3.8) is 0 Å². The molecule has 0 saturated carbocycles. The molecule has 4 heteroatoms. The Hall–Kier alpha value is -2.75. The molecule has 0 atom stereocenters. The van der Waals surface area contributed by atoms with Crippen LogP contribution < -0.4 is 14.2 Å². The summed E-state index contributed by atoms with van der Waals surface area (Å²) in [6.45, 7) is 0. The van der Waals surface area contributed by atoms with Gasteiger partial charge in [0.15, 0.2) is 5.78 Å². The molecule has 0 amide bonds. The number of rotatable bonds is 6. The van der Waals surface area contributed by atoms with E-state index in [1.807, 2.05) is 24.3 Å². The summed E-state index contributed by atoms with van der Waals surface area (Å²) in [5.74, 6) is 1.78. The van der Waals surface area contributed by atoms with Crippen molar-refractivity contribution in [1.29, 1.82) is 0 Å². The van der Waals surface area contributed by atoms with Crippen LogP contribution in [0.5, 0.6) is 17.2 Å². The van der Waals surface area contributed by atoms with Crippen molar-refractivity contribution < 1.29 is 19.0 Å². The molecule has 0 aliphatic carbocycles. The molecule has 0 aromatic heterocycles. The molecular formula is C18H18O4. The standard InChI is InChI=1S/C18H18O4/c1-20-14-7-4-13(5-8-14)6-11-17(19)16-10-9-15(21-2)12-18(16)22-3/h4-12H,1-3H3. The van der Waals surface area contributed by atoms with Crippen LogP contribution in [0.2, 0.25) is 0 Å². The summed E-state index contributed by atoms with van der Waals surface area (Å²) < 4.78 is 15.5. The van der Waals surface area contributed by atoms with Gasteiger partial charge >= 0.3 is 0 Å². The van der Waals surface area contributed by atoms with Crippen molar-refractivity contribution in [3.05, 3.63) is 59.7 Å². The highest BCUT2D eigenvalue weighted by Crippen LogP contribution is 2.25. The minimum atomic E-state index is -0.129. The van der Waals surface area contributed by atoms with Gasteiger partial charge in [0.2, 0.25) is 0 Å². The second-order valence-electron chi connectivity index (χ2n) is 4.54. The first kappa shape index (κ1) is 15.6. The van der Waals surface area contributed by atoms with Crippen LogP contribution in [0, 0.1) is 0 Å². The van der Waals surface area contributed by atoms with Crippen molar-refractivity contribution in [3.8, 4) is 17.2 Å². The molecule has 0 saturated heterocycles. The molecule has 0 N–H and O–H groups in total. The molecule has 0 aliphatic rings. The Labute approximate surface area is 129 Å². The van der Waals surface area contributed by atoms with Gasteiger partial charge in [-0.2, -0.15) is 0 Å². The Kier molecular flexibility index (Phi) is 5.20. The molecule has 0 spiro atoms. The van der Waals surface area contributed by atoms with Gasteiger partial charge in [-0.15, -0.1) is 0 Å². The maximum atomic E-state index is 12.3. The molecule has 114 valence electrons. The van der Waals surface area contributed by atoms with Gasteiger partial charge < -0.3 is 14.2 Å². The van der Waals surface area contributed by atoms with Crippen molar-refractivity contribution in [2.75, 3.05) is 21.3 Å². The highest BCUT2D eigenvalue weighted by molar-refractivity contribution is 6.08. The molecule has 2 aromatic carbocycles. The first-order valence-electron chi connectivity index (χ1n) is 6.76. The molecule has 4 nitrogen and oxygen atoms in total. The quantitative estimate of drug-likeness (QED) is 0.603. The number of hydrogen-bond donors (Lipinski definition) is 0. The summed E-state index contributed by atoms with van der Waals surface area (Å²) in [6.07, 6.45) is 3.28. The molecule has 0 aliphatic heterocycles. The largest absolute Gasteiger partial charge is 0.497 e. The number of ketones is 1. The van der Waals surface area contributed by atoms with Gasteiger partial charge in [0.1, 0.15) is 17.2 Å². The van der Waals surface area contributed by atoms with Crippen LogP contribution in [0.3, 0.4) is 0 Å². The lowest BCUT2D eigenvalue weighted by atomic mass is 10.1. The second kappa shape index (κ2) is 7.31. The lowest BCUT2D eigenvalue weighted by Crippen LogP contribution is -1.99. The molecule has 2 rings (SSSR count). The van der Waals surface area contributed by atoms with Crippen molar-refractivity contribution in [2.45, 2.75) is 0 Å². The molecular weight excluding hydrogens is 280 g/mol. The Balaban J connectivity index is 2.18. The Morgan fingerprint density at radius 3 is 2.09 bits per heavy atom. The average molecular weight is 298 g/mol. The van der Waals surface area contributed by atoms with Crippen molar-refractivity contribution >= 4 is 11.9 Å². The number of methoxy groups -OCH3 is 3. The number of ether oxygens (including phenoxy) is 3. The summed E-state index contributed by atoms with van der Waals surface area (Å²) in [5.41, 5.74) is 1.41. The van der Waals surface area contributed by atoms with Crippen molar-refractivity contribution in [2.24, 2.45) is 0 Å². The number of benzene rings is 2. The number of carbonyl (C=O) groups is 1. The molecule has 0 unspecified atom stereocenters. The normalized spacial score (nSPS) is 10.5. The molecule has 22 heavy (non-hydrogen) atoms. The summed E-state index contributed by atoms with van der Waals surface area (Å²) in [4.78, 5) is 12.3. The fraction of sp³-hybridized carbons (Fsp3) is 0.167. The topological polar surface area (TPSA) is 44.8 Å². The maximum absolute atomic E-state index is 12.3. The second-order valence-corrected chi connectivity index (χ2v) is 4.54. The predicted molar refractivity (Wildman–Crippen MR) is 85.9 cm³/mol. The van der Waals surface area contributed by atoms with E-state index in [1.165, 1.54) is 13.2 Å². The first-order chi connectivity index (χ1) is 10.7. The van der Waals surface area contributed by atoms with E-state index in [-0.39, 0.29) is 5.78 Å². The van der Waals surface area contributed by atoms with E-state index in [2.05, 4.69) is 0 Å². The van der Waals surface area contributed by atoms with Gasteiger partial charge in [-0.3, -0.25) is 4.79 Å². The summed E-state index contributed by atoms with van der Waals surface area (Å²) in [6, 6.07) is 12.6. The SMILES string of the molecule is COc1ccc(C=CC(=O)c2ccc(OC)cc2OC)cc1. The van der Waals surface area contributed by atoms with E-state index in [0.717, 1.165) is 11.3 Å². The van der Waals surface area contributed by atoms with Crippen LogP contribution in [-0.4, -0.2) is 27.1 Å². The van der Waals surface area contributed by atoms with Crippen LogP contribution >= 0.6 is 0 Å². The van der Waals surface area contributed by atoms with Gasteiger partial charge in [-0.25, -0.2) is 0 Å². The van der Waals surface area contributed by atoms with E-state index in [4.69, 9.17) is 14.2 Å². The third-order valence-corrected chi connectivity index (χ3v) is 3.22. The zero-order chi connectivity index (χ0) is 15.9. The maximum Gasteiger partial charge on any atom is 0.189 e. The minimum absolute atomic E-state index is 0.129. The zero-order valence-electron chi connectivity index (χ0n) is 12.8. The zero-order valence-corrected chi connectivity index (χ0v) is 12.8. The van der Waals surface area contributed by atoms with Gasteiger partial charge in [-0.1, -0.05) is 18.2 Å². The predicted octanol–water partition coefficient (Wildman–Crippen LogP) is 3.61. The Bertz CT molecular complexity index is 672. The van der Waals surface area contributed by atoms with Crippen LogP contribution in [0.1, 0.15) is 15.9 Å². The minimum Gasteiger partial charge on any atom is -0.497 e. The van der Waals surface area contributed by atoms with E-state index < -0.39 is 0 Å². The first-order valence-corrected chi connectivity index (χ1v) is 6.76. The Morgan fingerprint density at radius 2 is 1.50 bits per heavy atom. The van der Waals surface area contributed by atoms with Crippen LogP contribution in [0.25, 0.3) is 6.08 Å². The van der Waals surface area contributed by atoms with Gasteiger partial charge in [-0.05, 0) is 35.9 Å². The molecule has 0 radical (unpaired) electrons. The van der Waals surface area contributed by atoms with Gasteiger partial charge in [0.25, 0.3) is 0 Å². The van der Waals surface area contributed by atoms with Gasteiger partial charge in [0.05, 0.1) is 26.9 Å². The monoisotopic (exact) mass is 298 g/mol. The molecule has 0 bridgehead atoms. The fourth-order valence-corrected chi connectivity index (χ4v) is 1.98. The van der Waals surface area contributed by atoms with Crippen LogP contribution in [-0.2, 0) is 0 Å². The average Bonchev–Trinajstić information content (AvgIpc) is 2.59. The number of allylic oxidation sites excluding steroid dienone is 1. The summed E-state index contributed by atoms with van der Waals surface area (Å²) >= 11 is 0. The number of carbonyl (C=O) groups excluding carboxylic acids is 1. The molecule has 0 fully saturated rings. The van der Waals surface area contributed by atoms with Gasteiger partial charge in [0, 0.05) is 6.07 Å². The lowest BCUT2D eigenvalue weighted by molar-refractivity contribution is 0.104.